The molecule has 3 aliphatic rings. The zero-order valence-corrected chi connectivity index (χ0v) is 21.4. The molecule has 1 aromatic carbocycles. The van der Waals surface area contributed by atoms with Crippen LogP contribution < -0.4 is 0 Å². The van der Waals surface area contributed by atoms with Crippen molar-refractivity contribution in [3.05, 3.63) is 34.9 Å². The summed E-state index contributed by atoms with van der Waals surface area (Å²) in [6.07, 6.45) is -3.40. The molecule has 35 heavy (non-hydrogen) atoms. The van der Waals surface area contributed by atoms with E-state index in [1.807, 2.05) is 20.8 Å². The van der Waals surface area contributed by atoms with Crippen molar-refractivity contribution in [2.45, 2.75) is 89.4 Å². The van der Waals surface area contributed by atoms with Gasteiger partial charge in [0.15, 0.2) is 0 Å². The second-order valence-electron chi connectivity index (χ2n) is 11.6. The van der Waals surface area contributed by atoms with Crippen LogP contribution in [0, 0.1) is 0 Å². The number of hydrogen-bond donors (Lipinski definition) is 1. The van der Waals surface area contributed by atoms with Crippen molar-refractivity contribution >= 4 is 6.09 Å². The van der Waals surface area contributed by atoms with Gasteiger partial charge in [-0.1, -0.05) is 6.07 Å². The third-order valence-corrected chi connectivity index (χ3v) is 7.87. The van der Waals surface area contributed by atoms with Crippen LogP contribution in [0.15, 0.2) is 18.2 Å². The zero-order valence-electron chi connectivity index (χ0n) is 21.4. The second-order valence-corrected chi connectivity index (χ2v) is 11.6. The molecule has 1 aromatic rings. The number of piperidine rings is 1. The lowest BCUT2D eigenvalue weighted by molar-refractivity contribution is -0.137. The molecule has 1 aliphatic carbocycles. The normalized spacial score (nSPS) is 28.1. The first-order valence-electron chi connectivity index (χ1n) is 12.5. The summed E-state index contributed by atoms with van der Waals surface area (Å²) >= 11 is 0. The Morgan fingerprint density at radius 2 is 1.77 bits per heavy atom. The van der Waals surface area contributed by atoms with Crippen LogP contribution in [0.25, 0.3) is 0 Å². The van der Waals surface area contributed by atoms with Crippen molar-refractivity contribution in [3.8, 4) is 0 Å². The quantitative estimate of drug-likeness (QED) is 0.654. The molecule has 2 heterocycles. The molecular weight excluding hydrogens is 459 g/mol. The average molecular weight is 498 g/mol. The van der Waals surface area contributed by atoms with E-state index in [1.54, 1.807) is 11.0 Å². The number of carbonyl (C=O) groups is 1. The van der Waals surface area contributed by atoms with Crippen LogP contribution in [0.4, 0.5) is 18.0 Å². The summed E-state index contributed by atoms with van der Waals surface area (Å²) in [7, 11) is 0. The third kappa shape index (κ3) is 5.47. The minimum Gasteiger partial charge on any atom is -0.444 e. The van der Waals surface area contributed by atoms with E-state index >= 15 is 0 Å². The Hall–Kier alpha value is -1.84. The van der Waals surface area contributed by atoms with Crippen molar-refractivity contribution < 1.29 is 27.8 Å². The maximum atomic E-state index is 13.2. The van der Waals surface area contributed by atoms with E-state index in [2.05, 4.69) is 23.6 Å². The number of piperazine rings is 1. The van der Waals surface area contributed by atoms with E-state index in [0.29, 0.717) is 18.7 Å². The van der Waals surface area contributed by atoms with E-state index in [0.717, 1.165) is 44.1 Å². The van der Waals surface area contributed by atoms with Crippen LogP contribution in [0.5, 0.6) is 0 Å². The summed E-state index contributed by atoms with van der Waals surface area (Å²) in [5.41, 5.74) is 0.192. The lowest BCUT2D eigenvalue weighted by Gasteiger charge is -2.52. The van der Waals surface area contributed by atoms with Crippen LogP contribution in [0.3, 0.4) is 0 Å². The van der Waals surface area contributed by atoms with Gasteiger partial charge in [0.2, 0.25) is 0 Å². The zero-order chi connectivity index (χ0) is 25.8. The standard InChI is InChI=1S/C26H38F3N3O3/c1-17-16-31(25(5)8-10-30(11-9-25)23(34)35-24(2,3)4)12-13-32(17)22-20-7-6-19(26(27,28)29)14-18(20)15-21(22)33/h6-7,14,17,21-22,33H,8-13,15-16H2,1-5H3/t17?,21-,22+/m0/s1. The number of aliphatic hydroxyl groups is 1. The van der Waals surface area contributed by atoms with Crippen LogP contribution in [0.2, 0.25) is 0 Å². The number of halogens is 3. The van der Waals surface area contributed by atoms with Crippen molar-refractivity contribution in [1.82, 2.24) is 14.7 Å². The molecule has 4 rings (SSSR count). The topological polar surface area (TPSA) is 56.2 Å². The molecule has 0 bridgehead atoms. The summed E-state index contributed by atoms with van der Waals surface area (Å²) in [4.78, 5) is 19.0. The maximum Gasteiger partial charge on any atom is 0.416 e. The second kappa shape index (κ2) is 9.23. The fourth-order valence-corrected chi connectivity index (χ4v) is 5.88. The molecule has 0 aromatic heterocycles. The molecular formula is C26H38F3N3O3. The van der Waals surface area contributed by atoms with Crippen molar-refractivity contribution in [2.24, 2.45) is 0 Å². The lowest BCUT2D eigenvalue weighted by atomic mass is 9.86. The third-order valence-electron chi connectivity index (χ3n) is 7.87. The Kier molecular flexibility index (Phi) is 6.92. The first-order valence-corrected chi connectivity index (χ1v) is 12.5. The molecule has 3 atom stereocenters. The highest BCUT2D eigenvalue weighted by Gasteiger charge is 2.45. The maximum absolute atomic E-state index is 13.2. The number of rotatable bonds is 2. The molecule has 1 unspecified atom stereocenters. The molecule has 1 N–H and O–H groups in total. The predicted octanol–water partition coefficient (Wildman–Crippen LogP) is 4.46. The number of ether oxygens (including phenoxy) is 1. The van der Waals surface area contributed by atoms with Crippen molar-refractivity contribution in [1.29, 1.82) is 0 Å². The SMILES string of the molecule is CC1CN(C2(C)CCN(C(=O)OC(C)(C)C)CC2)CCN1[C@@H]1c2ccc(C(F)(F)F)cc2C[C@@H]1O. The predicted molar refractivity (Wildman–Crippen MR) is 127 cm³/mol. The van der Waals surface area contributed by atoms with Crippen molar-refractivity contribution in [3.63, 3.8) is 0 Å². The van der Waals surface area contributed by atoms with Crippen LogP contribution >= 0.6 is 0 Å². The Labute approximate surface area is 206 Å². The number of carbonyl (C=O) groups excluding carboxylic acids is 1. The van der Waals surface area contributed by atoms with Gasteiger partial charge in [-0.15, -0.1) is 0 Å². The number of amides is 1. The Morgan fingerprint density at radius 3 is 2.34 bits per heavy atom. The number of benzene rings is 1. The average Bonchev–Trinajstić information content (AvgIpc) is 3.07. The minimum atomic E-state index is -4.38. The van der Waals surface area contributed by atoms with Gasteiger partial charge < -0.3 is 14.7 Å². The number of fused-ring (bicyclic) bond motifs is 1. The summed E-state index contributed by atoms with van der Waals surface area (Å²) in [6.45, 7) is 13.6. The van der Waals surface area contributed by atoms with Gasteiger partial charge in [-0.3, -0.25) is 9.80 Å². The molecule has 1 amide bonds. The number of alkyl halides is 3. The Morgan fingerprint density at radius 1 is 1.11 bits per heavy atom. The Balaban J connectivity index is 1.39. The van der Waals surface area contributed by atoms with Gasteiger partial charge in [-0.25, -0.2) is 4.79 Å². The van der Waals surface area contributed by atoms with E-state index in [4.69, 9.17) is 4.74 Å². The molecule has 2 aliphatic heterocycles. The highest BCUT2D eigenvalue weighted by atomic mass is 19.4. The molecule has 6 nitrogen and oxygen atoms in total. The summed E-state index contributed by atoms with van der Waals surface area (Å²) < 4.78 is 45.0. The largest absolute Gasteiger partial charge is 0.444 e. The van der Waals surface area contributed by atoms with Gasteiger partial charge in [0, 0.05) is 50.7 Å². The first kappa shape index (κ1) is 26.2. The molecule has 9 heteroatoms. The number of hydrogen-bond acceptors (Lipinski definition) is 5. The van der Waals surface area contributed by atoms with E-state index in [9.17, 15) is 23.1 Å². The van der Waals surface area contributed by atoms with E-state index in [1.165, 1.54) is 6.07 Å². The van der Waals surface area contributed by atoms with Gasteiger partial charge in [-0.2, -0.15) is 13.2 Å². The molecule has 196 valence electrons. The van der Waals surface area contributed by atoms with Gasteiger partial charge in [0.05, 0.1) is 17.7 Å². The van der Waals surface area contributed by atoms with Gasteiger partial charge in [0.1, 0.15) is 5.60 Å². The molecule has 0 spiro atoms. The van der Waals surface area contributed by atoms with Gasteiger partial charge in [-0.05, 0) is 70.7 Å². The van der Waals surface area contributed by atoms with Gasteiger partial charge in [0.25, 0.3) is 0 Å². The van der Waals surface area contributed by atoms with Crippen LogP contribution in [-0.2, 0) is 17.3 Å². The van der Waals surface area contributed by atoms with Crippen LogP contribution in [-0.4, -0.2) is 81.9 Å². The summed E-state index contributed by atoms with van der Waals surface area (Å²) in [5.74, 6) is 0. The fraction of sp³-hybridized carbons (Fsp3) is 0.731. The first-order chi connectivity index (χ1) is 16.2. The monoisotopic (exact) mass is 497 g/mol. The lowest BCUT2D eigenvalue weighted by Crippen LogP contribution is -2.62. The fourth-order valence-electron chi connectivity index (χ4n) is 5.88. The molecule has 2 fully saturated rings. The highest BCUT2D eigenvalue weighted by molar-refractivity contribution is 5.68. The van der Waals surface area contributed by atoms with Crippen molar-refractivity contribution in [2.75, 3.05) is 32.7 Å². The summed E-state index contributed by atoms with van der Waals surface area (Å²) in [5, 5.41) is 10.8. The van der Waals surface area contributed by atoms with E-state index in [-0.39, 0.29) is 30.1 Å². The molecule has 2 saturated heterocycles. The number of nitrogens with zero attached hydrogens (tertiary/aromatic N) is 3. The summed E-state index contributed by atoms with van der Waals surface area (Å²) in [6, 6.07) is 3.72. The number of aliphatic hydroxyl groups excluding tert-OH is 1. The van der Waals surface area contributed by atoms with Gasteiger partial charge >= 0.3 is 12.3 Å². The minimum absolute atomic E-state index is 0.0350. The highest BCUT2D eigenvalue weighted by Crippen LogP contribution is 2.42. The van der Waals surface area contributed by atoms with Crippen LogP contribution in [0.1, 0.15) is 70.2 Å². The molecule has 0 radical (unpaired) electrons. The number of likely N-dealkylation sites (tertiary alicyclic amines) is 1. The smallest absolute Gasteiger partial charge is 0.416 e. The molecule has 0 saturated carbocycles. The Bertz CT molecular complexity index is 938. The van der Waals surface area contributed by atoms with E-state index < -0.39 is 23.4 Å².